The molecule has 0 aromatic carbocycles. The molecule has 0 aliphatic carbocycles. The lowest BCUT2D eigenvalue weighted by Crippen LogP contribution is -2.45. The molecule has 1 aromatic rings. The second-order valence-corrected chi connectivity index (χ2v) is 9.27. The fraction of sp³-hybridized carbons (Fsp3) is 0.650. The molecular formula is C20H28N4O3. The van der Waals surface area contributed by atoms with Crippen molar-refractivity contribution in [1.82, 2.24) is 20.0 Å². The van der Waals surface area contributed by atoms with E-state index in [2.05, 4.69) is 31.0 Å². The van der Waals surface area contributed by atoms with Gasteiger partial charge in [-0.2, -0.15) is 5.10 Å². The monoisotopic (exact) mass is 372 g/mol. The van der Waals surface area contributed by atoms with Gasteiger partial charge in [-0.25, -0.2) is 0 Å². The molecule has 1 aromatic heterocycles. The van der Waals surface area contributed by atoms with Gasteiger partial charge in [-0.15, -0.1) is 0 Å². The number of likely N-dealkylation sites (N-methyl/N-ethyl adjacent to an activating group) is 1. The first-order valence-electron chi connectivity index (χ1n) is 9.59. The Kier molecular flexibility index (Phi) is 4.18. The van der Waals surface area contributed by atoms with E-state index in [4.69, 9.17) is 4.74 Å². The summed E-state index contributed by atoms with van der Waals surface area (Å²) in [6.07, 6.45) is 8.02. The molecular weight excluding hydrogens is 344 g/mol. The van der Waals surface area contributed by atoms with E-state index in [0.717, 1.165) is 12.0 Å². The SMILES string of the molecule is CN(CCc1cn[nH]c1)C(=O)[C@H]1[C@@H]2C=C[C@@]3(CN(CC(C)(C)C)C(=O)[C@H]13)O2. The average Bonchev–Trinajstić information content (AvgIpc) is 3.33. The van der Waals surface area contributed by atoms with Gasteiger partial charge in [0.15, 0.2) is 0 Å². The maximum atomic E-state index is 13.2. The van der Waals surface area contributed by atoms with Crippen LogP contribution in [0.5, 0.6) is 0 Å². The zero-order valence-corrected chi connectivity index (χ0v) is 16.4. The molecule has 7 nitrogen and oxygen atoms in total. The van der Waals surface area contributed by atoms with Gasteiger partial charge in [0, 0.05) is 26.3 Å². The number of hydrogen-bond donors (Lipinski definition) is 1. The number of carbonyl (C=O) groups excluding carboxylic acids is 2. The molecule has 3 aliphatic rings. The van der Waals surface area contributed by atoms with Gasteiger partial charge in [-0.05, 0) is 17.4 Å². The summed E-state index contributed by atoms with van der Waals surface area (Å²) in [5.74, 6) is -0.787. The van der Waals surface area contributed by atoms with Crippen molar-refractivity contribution in [3.05, 3.63) is 30.1 Å². The first kappa shape index (κ1) is 18.2. The summed E-state index contributed by atoms with van der Waals surface area (Å²) in [4.78, 5) is 30.0. The van der Waals surface area contributed by atoms with Crippen molar-refractivity contribution in [3.8, 4) is 0 Å². The van der Waals surface area contributed by atoms with Crippen LogP contribution < -0.4 is 0 Å². The molecule has 2 amide bonds. The average molecular weight is 372 g/mol. The molecule has 4 atom stereocenters. The number of ether oxygens (including phenoxy) is 1. The van der Waals surface area contributed by atoms with Gasteiger partial charge >= 0.3 is 0 Å². The Hall–Kier alpha value is -2.15. The number of likely N-dealkylation sites (tertiary alicyclic amines) is 1. The van der Waals surface area contributed by atoms with Crippen LogP contribution in [0.15, 0.2) is 24.5 Å². The van der Waals surface area contributed by atoms with Gasteiger partial charge in [-0.3, -0.25) is 14.7 Å². The molecule has 2 saturated heterocycles. The number of nitrogens with one attached hydrogen (secondary N) is 1. The third-order valence-electron chi connectivity index (χ3n) is 5.80. The highest BCUT2D eigenvalue weighted by atomic mass is 16.5. The van der Waals surface area contributed by atoms with Gasteiger partial charge in [0.1, 0.15) is 5.60 Å². The molecule has 7 heteroatoms. The van der Waals surface area contributed by atoms with Crippen LogP contribution in [-0.2, 0) is 20.7 Å². The number of H-pyrrole nitrogens is 1. The summed E-state index contributed by atoms with van der Waals surface area (Å²) in [5.41, 5.74) is 0.440. The Labute approximate surface area is 159 Å². The number of carbonyl (C=O) groups is 2. The Morgan fingerprint density at radius 2 is 2.26 bits per heavy atom. The minimum atomic E-state index is -0.626. The van der Waals surface area contributed by atoms with Crippen molar-refractivity contribution in [2.75, 3.05) is 26.7 Å². The van der Waals surface area contributed by atoms with E-state index in [1.165, 1.54) is 0 Å². The number of fused-ring (bicyclic) bond motifs is 1. The Morgan fingerprint density at radius 3 is 2.93 bits per heavy atom. The topological polar surface area (TPSA) is 78.5 Å². The maximum Gasteiger partial charge on any atom is 0.230 e. The van der Waals surface area contributed by atoms with Gasteiger partial charge < -0.3 is 14.5 Å². The fourth-order valence-corrected chi connectivity index (χ4v) is 4.64. The standard InChI is InChI=1S/C20H28N4O3/c1-19(2,3)11-24-12-20-7-5-14(27-20)15(16(20)18(24)26)17(25)23(4)8-6-13-9-21-22-10-13/h5,7,9-10,14-16H,6,8,11-12H2,1-4H3,(H,21,22)/t14-,15-,16-,20-/m0/s1. The highest BCUT2D eigenvalue weighted by Gasteiger charge is 2.67. The van der Waals surface area contributed by atoms with Crippen molar-refractivity contribution in [3.63, 3.8) is 0 Å². The Balaban J connectivity index is 1.49. The van der Waals surface area contributed by atoms with Crippen LogP contribution in [0, 0.1) is 17.3 Å². The lowest BCUT2D eigenvalue weighted by atomic mass is 9.76. The van der Waals surface area contributed by atoms with Crippen LogP contribution in [0.2, 0.25) is 0 Å². The van der Waals surface area contributed by atoms with Crippen LogP contribution in [-0.4, -0.2) is 70.2 Å². The zero-order valence-electron chi connectivity index (χ0n) is 16.4. The lowest BCUT2D eigenvalue weighted by Gasteiger charge is -2.29. The molecule has 146 valence electrons. The summed E-state index contributed by atoms with van der Waals surface area (Å²) in [6.45, 7) is 8.16. The van der Waals surface area contributed by atoms with Gasteiger partial charge in [-0.1, -0.05) is 32.9 Å². The first-order chi connectivity index (χ1) is 12.7. The van der Waals surface area contributed by atoms with Crippen LogP contribution in [0.4, 0.5) is 0 Å². The van der Waals surface area contributed by atoms with Crippen LogP contribution >= 0.6 is 0 Å². The van der Waals surface area contributed by atoms with E-state index in [9.17, 15) is 9.59 Å². The summed E-state index contributed by atoms with van der Waals surface area (Å²) >= 11 is 0. The molecule has 3 aliphatic heterocycles. The Bertz CT molecular complexity index is 767. The van der Waals surface area contributed by atoms with Crippen molar-refractivity contribution < 1.29 is 14.3 Å². The molecule has 4 rings (SSSR count). The van der Waals surface area contributed by atoms with E-state index in [1.807, 2.05) is 23.2 Å². The quantitative estimate of drug-likeness (QED) is 0.789. The number of nitrogens with zero attached hydrogens (tertiary/aromatic N) is 3. The lowest BCUT2D eigenvalue weighted by molar-refractivity contribution is -0.142. The largest absolute Gasteiger partial charge is 0.360 e. The summed E-state index contributed by atoms with van der Waals surface area (Å²) in [5, 5.41) is 6.72. The summed E-state index contributed by atoms with van der Waals surface area (Å²) < 4.78 is 6.20. The number of rotatable bonds is 5. The number of amides is 2. The van der Waals surface area contributed by atoms with E-state index in [1.54, 1.807) is 18.1 Å². The molecule has 2 bridgehead atoms. The number of aromatic amines is 1. The first-order valence-corrected chi connectivity index (χ1v) is 9.59. The smallest absolute Gasteiger partial charge is 0.230 e. The molecule has 0 radical (unpaired) electrons. The molecule has 1 spiro atoms. The third-order valence-corrected chi connectivity index (χ3v) is 5.80. The van der Waals surface area contributed by atoms with Crippen molar-refractivity contribution in [2.24, 2.45) is 17.3 Å². The number of aromatic nitrogens is 2. The molecule has 4 heterocycles. The van der Waals surface area contributed by atoms with E-state index in [-0.39, 0.29) is 23.3 Å². The van der Waals surface area contributed by atoms with E-state index < -0.39 is 17.4 Å². The Morgan fingerprint density at radius 1 is 1.48 bits per heavy atom. The predicted octanol–water partition coefficient (Wildman–Crippen LogP) is 1.24. The number of hydrogen-bond acceptors (Lipinski definition) is 4. The molecule has 0 saturated carbocycles. The van der Waals surface area contributed by atoms with Crippen molar-refractivity contribution >= 4 is 11.8 Å². The second-order valence-electron chi connectivity index (χ2n) is 9.27. The summed E-state index contributed by atoms with van der Waals surface area (Å²) in [6, 6.07) is 0. The molecule has 0 unspecified atom stereocenters. The van der Waals surface area contributed by atoms with E-state index in [0.29, 0.717) is 19.6 Å². The maximum absolute atomic E-state index is 13.2. The van der Waals surface area contributed by atoms with Crippen LogP contribution in [0.25, 0.3) is 0 Å². The minimum absolute atomic E-state index is 0.00749. The minimum Gasteiger partial charge on any atom is -0.360 e. The fourth-order valence-electron chi connectivity index (χ4n) is 4.64. The van der Waals surface area contributed by atoms with E-state index >= 15 is 0 Å². The van der Waals surface area contributed by atoms with Crippen molar-refractivity contribution in [2.45, 2.75) is 38.9 Å². The highest BCUT2D eigenvalue weighted by molar-refractivity contribution is 5.93. The highest BCUT2D eigenvalue weighted by Crippen LogP contribution is 2.52. The molecule has 27 heavy (non-hydrogen) atoms. The molecule has 1 N–H and O–H groups in total. The normalized spacial score (nSPS) is 31.6. The van der Waals surface area contributed by atoms with Gasteiger partial charge in [0.05, 0.1) is 30.7 Å². The van der Waals surface area contributed by atoms with Crippen LogP contribution in [0.3, 0.4) is 0 Å². The predicted molar refractivity (Wildman–Crippen MR) is 99.7 cm³/mol. The second kappa shape index (κ2) is 6.19. The third kappa shape index (κ3) is 3.08. The van der Waals surface area contributed by atoms with Gasteiger partial charge in [0.2, 0.25) is 11.8 Å². The zero-order chi connectivity index (χ0) is 19.4. The van der Waals surface area contributed by atoms with Gasteiger partial charge in [0.25, 0.3) is 0 Å². The van der Waals surface area contributed by atoms with Crippen molar-refractivity contribution in [1.29, 1.82) is 0 Å². The van der Waals surface area contributed by atoms with Crippen LogP contribution in [0.1, 0.15) is 26.3 Å². The summed E-state index contributed by atoms with van der Waals surface area (Å²) in [7, 11) is 1.80. The molecule has 2 fully saturated rings.